The van der Waals surface area contributed by atoms with Gasteiger partial charge in [-0.25, -0.2) is 4.39 Å². The maximum atomic E-state index is 13.1. The summed E-state index contributed by atoms with van der Waals surface area (Å²) in [4.78, 5) is 22.7. The molecule has 1 heterocycles. The number of aromatic nitrogens is 1. The molecule has 0 fully saturated rings. The highest BCUT2D eigenvalue weighted by molar-refractivity contribution is 6.03. The van der Waals surface area contributed by atoms with Gasteiger partial charge < -0.3 is 15.0 Å². The number of carbonyl (C=O) groups excluding carboxylic acids is 1. The number of carboxylic acids is 1. The minimum atomic E-state index is -1.03. The summed E-state index contributed by atoms with van der Waals surface area (Å²) in [5.74, 6) is -1.83. The van der Waals surface area contributed by atoms with Crippen LogP contribution in [0.25, 0.3) is 0 Å². The van der Waals surface area contributed by atoms with Gasteiger partial charge in [0.25, 0.3) is 5.91 Å². The first-order valence-corrected chi connectivity index (χ1v) is 5.92. The highest BCUT2D eigenvalue weighted by Gasteiger charge is 2.13. The van der Waals surface area contributed by atoms with Crippen LogP contribution >= 0.6 is 0 Å². The lowest BCUT2D eigenvalue weighted by Gasteiger charge is -2.08. The third kappa shape index (κ3) is 3.03. The first-order valence-electron chi connectivity index (χ1n) is 5.92. The van der Waals surface area contributed by atoms with Crippen molar-refractivity contribution in [3.05, 3.63) is 53.6 Å². The molecule has 0 radical (unpaired) electrons. The van der Waals surface area contributed by atoms with Crippen molar-refractivity contribution < 1.29 is 19.1 Å². The molecule has 0 aliphatic rings. The molecular weight excluding hydrogens is 263 g/mol. The maximum absolute atomic E-state index is 13.1. The van der Waals surface area contributed by atoms with Crippen LogP contribution in [0.2, 0.25) is 0 Å². The van der Waals surface area contributed by atoms with Crippen LogP contribution in [-0.4, -0.2) is 21.6 Å². The fourth-order valence-corrected chi connectivity index (χ4v) is 1.82. The number of aryl methyl sites for hydroxylation is 1. The number of rotatable bonds is 4. The highest BCUT2D eigenvalue weighted by atomic mass is 19.1. The van der Waals surface area contributed by atoms with Crippen LogP contribution in [0.3, 0.4) is 0 Å². The predicted octanol–water partition coefficient (Wildman–Crippen LogP) is 2.27. The van der Waals surface area contributed by atoms with Gasteiger partial charge in [-0.05, 0) is 42.8 Å². The maximum Gasteiger partial charge on any atom is 0.323 e. The lowest BCUT2D eigenvalue weighted by molar-refractivity contribution is -0.137. The molecule has 0 aliphatic carbocycles. The van der Waals surface area contributed by atoms with Crippen LogP contribution in [0.1, 0.15) is 16.1 Å². The summed E-state index contributed by atoms with van der Waals surface area (Å²) < 4.78 is 14.5. The van der Waals surface area contributed by atoms with E-state index in [9.17, 15) is 14.0 Å². The minimum Gasteiger partial charge on any atom is -0.480 e. The van der Waals surface area contributed by atoms with Gasteiger partial charge in [-0.15, -0.1) is 0 Å². The largest absolute Gasteiger partial charge is 0.480 e. The molecule has 0 unspecified atom stereocenters. The molecule has 0 bridgehead atoms. The summed E-state index contributed by atoms with van der Waals surface area (Å²) in [6.07, 6.45) is 1.51. The Labute approximate surface area is 114 Å². The topological polar surface area (TPSA) is 71.3 Å². The molecule has 6 heteroatoms. The lowest BCUT2D eigenvalue weighted by atomic mass is 10.2. The van der Waals surface area contributed by atoms with Gasteiger partial charge in [-0.1, -0.05) is 0 Å². The van der Waals surface area contributed by atoms with Crippen LogP contribution in [0.5, 0.6) is 0 Å². The number of carbonyl (C=O) groups is 2. The van der Waals surface area contributed by atoms with E-state index in [1.807, 2.05) is 0 Å². The first kappa shape index (κ1) is 13.8. The van der Waals surface area contributed by atoms with Gasteiger partial charge in [0.1, 0.15) is 18.1 Å². The van der Waals surface area contributed by atoms with Crippen LogP contribution in [0.4, 0.5) is 10.1 Å². The molecule has 0 aliphatic heterocycles. The molecule has 2 rings (SSSR count). The molecule has 2 aromatic rings. The molecule has 104 valence electrons. The molecule has 0 saturated carbocycles. The van der Waals surface area contributed by atoms with E-state index in [0.717, 1.165) is 0 Å². The van der Waals surface area contributed by atoms with Gasteiger partial charge in [-0.3, -0.25) is 9.59 Å². The Morgan fingerprint density at radius 1 is 1.35 bits per heavy atom. The third-order valence-corrected chi connectivity index (χ3v) is 2.78. The van der Waals surface area contributed by atoms with E-state index in [-0.39, 0.29) is 18.1 Å². The number of aliphatic carboxylic acids is 1. The zero-order chi connectivity index (χ0) is 14.7. The van der Waals surface area contributed by atoms with Crippen LogP contribution < -0.4 is 5.32 Å². The second-order valence-corrected chi connectivity index (χ2v) is 4.33. The normalized spacial score (nSPS) is 10.3. The van der Waals surface area contributed by atoms with Gasteiger partial charge in [0.2, 0.25) is 0 Å². The van der Waals surface area contributed by atoms with Crippen molar-refractivity contribution in [1.82, 2.24) is 4.57 Å². The Morgan fingerprint density at radius 3 is 2.75 bits per heavy atom. The number of anilines is 1. The number of hydrogen-bond donors (Lipinski definition) is 2. The van der Waals surface area contributed by atoms with Crippen molar-refractivity contribution in [3.63, 3.8) is 0 Å². The van der Waals surface area contributed by atoms with E-state index in [1.165, 1.54) is 35.0 Å². The number of benzene rings is 1. The number of nitrogens with zero attached hydrogens (tertiary/aromatic N) is 1. The summed E-state index contributed by atoms with van der Waals surface area (Å²) in [5, 5.41) is 11.4. The van der Waals surface area contributed by atoms with E-state index in [0.29, 0.717) is 11.3 Å². The quantitative estimate of drug-likeness (QED) is 0.899. The Morgan fingerprint density at radius 2 is 2.10 bits per heavy atom. The third-order valence-electron chi connectivity index (χ3n) is 2.78. The molecule has 1 aromatic carbocycles. The monoisotopic (exact) mass is 276 g/mol. The molecule has 0 saturated heterocycles. The molecule has 0 atom stereocenters. The van der Waals surface area contributed by atoms with Gasteiger partial charge in [0.05, 0.1) is 0 Å². The fourth-order valence-electron chi connectivity index (χ4n) is 1.82. The van der Waals surface area contributed by atoms with Crippen molar-refractivity contribution in [2.75, 3.05) is 5.32 Å². The van der Waals surface area contributed by atoms with Crippen molar-refractivity contribution in [2.24, 2.45) is 0 Å². The van der Waals surface area contributed by atoms with Crippen molar-refractivity contribution in [1.29, 1.82) is 0 Å². The number of halogens is 1. The molecule has 5 nitrogen and oxygen atoms in total. The van der Waals surface area contributed by atoms with Crippen molar-refractivity contribution >= 4 is 17.6 Å². The van der Waals surface area contributed by atoms with E-state index in [4.69, 9.17) is 5.11 Å². The standard InChI is InChI=1S/C14H13FN2O3/c1-9-7-10(4-5-11(9)15)16-14(20)12-3-2-6-17(12)8-13(18)19/h2-7H,8H2,1H3,(H,16,20)(H,18,19). The second-order valence-electron chi connectivity index (χ2n) is 4.33. The Hall–Kier alpha value is -2.63. The lowest BCUT2D eigenvalue weighted by Crippen LogP contribution is -2.19. The van der Waals surface area contributed by atoms with Gasteiger partial charge >= 0.3 is 5.97 Å². The zero-order valence-electron chi connectivity index (χ0n) is 10.8. The first-order chi connectivity index (χ1) is 9.47. The van der Waals surface area contributed by atoms with E-state index in [2.05, 4.69) is 5.32 Å². The van der Waals surface area contributed by atoms with Gasteiger partial charge in [0, 0.05) is 11.9 Å². The highest BCUT2D eigenvalue weighted by Crippen LogP contribution is 2.15. The Kier molecular flexibility index (Phi) is 3.84. The van der Waals surface area contributed by atoms with Crippen molar-refractivity contribution in [3.8, 4) is 0 Å². The summed E-state index contributed by atoms with van der Waals surface area (Å²) in [6.45, 7) is 1.30. The number of amides is 1. The molecule has 1 amide bonds. The molecule has 1 aromatic heterocycles. The molecular formula is C14H13FN2O3. The zero-order valence-corrected chi connectivity index (χ0v) is 10.8. The summed E-state index contributed by atoms with van der Waals surface area (Å²) in [5.41, 5.74) is 1.11. The molecule has 20 heavy (non-hydrogen) atoms. The van der Waals surface area contributed by atoms with E-state index >= 15 is 0 Å². The summed E-state index contributed by atoms with van der Waals surface area (Å²) in [7, 11) is 0. The smallest absolute Gasteiger partial charge is 0.323 e. The predicted molar refractivity (Wildman–Crippen MR) is 71.2 cm³/mol. The SMILES string of the molecule is Cc1cc(NC(=O)c2cccn2CC(=O)O)ccc1F. The minimum absolute atomic E-state index is 0.231. The Balaban J connectivity index is 2.17. The average molecular weight is 276 g/mol. The average Bonchev–Trinajstić information content (AvgIpc) is 2.81. The summed E-state index contributed by atoms with van der Waals surface area (Å²) in [6, 6.07) is 7.34. The van der Waals surface area contributed by atoms with E-state index in [1.54, 1.807) is 13.0 Å². The molecule has 2 N–H and O–H groups in total. The molecule has 0 spiro atoms. The van der Waals surface area contributed by atoms with Gasteiger partial charge in [0.15, 0.2) is 0 Å². The van der Waals surface area contributed by atoms with Crippen molar-refractivity contribution in [2.45, 2.75) is 13.5 Å². The number of nitrogens with one attached hydrogen (secondary N) is 1. The Bertz CT molecular complexity index is 664. The van der Waals surface area contributed by atoms with Crippen LogP contribution in [0.15, 0.2) is 36.5 Å². The van der Waals surface area contributed by atoms with Crippen LogP contribution in [0, 0.1) is 12.7 Å². The number of hydrogen-bond acceptors (Lipinski definition) is 2. The van der Waals surface area contributed by atoms with Gasteiger partial charge in [-0.2, -0.15) is 0 Å². The van der Waals surface area contributed by atoms with Crippen LogP contribution in [-0.2, 0) is 11.3 Å². The summed E-state index contributed by atoms with van der Waals surface area (Å²) >= 11 is 0. The fraction of sp³-hybridized carbons (Fsp3) is 0.143. The number of carboxylic acid groups (broad SMARTS) is 1. The second kappa shape index (κ2) is 5.56. The van der Waals surface area contributed by atoms with E-state index < -0.39 is 11.9 Å².